The number of hydrogen-bond acceptors (Lipinski definition) is 5. The summed E-state index contributed by atoms with van der Waals surface area (Å²) < 4.78 is 11.0. The number of carbonyl (C=O) groups excluding carboxylic acids is 2. The van der Waals surface area contributed by atoms with E-state index >= 15 is 0 Å². The number of fused-ring (bicyclic) bond motifs is 1. The maximum Gasteiger partial charge on any atom is 0.227 e. The average molecular weight is 559 g/mol. The summed E-state index contributed by atoms with van der Waals surface area (Å²) in [4.78, 5) is 29.9. The SMILES string of the molecule is CCCCCC(=O)N1c2ccccc2NC2=C(C(=O)C[C@H](c3ccc(OC)c(OC)c3)C2)[C@@H]1c1cccc(Cl)c1. The van der Waals surface area contributed by atoms with Crippen LogP contribution in [0.15, 0.2) is 78.0 Å². The summed E-state index contributed by atoms with van der Waals surface area (Å²) in [7, 11) is 3.22. The van der Waals surface area contributed by atoms with Crippen LogP contribution in [-0.4, -0.2) is 25.9 Å². The van der Waals surface area contributed by atoms with Crippen molar-refractivity contribution in [2.45, 2.75) is 57.4 Å². The molecule has 0 fully saturated rings. The van der Waals surface area contributed by atoms with Gasteiger partial charge in [-0.2, -0.15) is 0 Å². The van der Waals surface area contributed by atoms with Gasteiger partial charge >= 0.3 is 0 Å². The van der Waals surface area contributed by atoms with E-state index in [2.05, 4.69) is 12.2 Å². The van der Waals surface area contributed by atoms with Crippen LogP contribution >= 0.6 is 11.6 Å². The van der Waals surface area contributed by atoms with Crippen molar-refractivity contribution in [1.29, 1.82) is 0 Å². The molecule has 3 aromatic rings. The van der Waals surface area contributed by atoms with Gasteiger partial charge in [0.1, 0.15) is 0 Å². The summed E-state index contributed by atoms with van der Waals surface area (Å²) in [6.07, 6.45) is 4.13. The fraction of sp³-hybridized carbons (Fsp3) is 0.333. The molecule has 1 aliphatic carbocycles. The van der Waals surface area contributed by atoms with Gasteiger partial charge in [-0.05, 0) is 66.3 Å². The Labute approximate surface area is 240 Å². The average Bonchev–Trinajstić information content (AvgIpc) is 3.11. The zero-order chi connectivity index (χ0) is 28.2. The minimum Gasteiger partial charge on any atom is -0.493 e. The van der Waals surface area contributed by atoms with Crippen molar-refractivity contribution in [2.24, 2.45) is 0 Å². The van der Waals surface area contributed by atoms with Crippen molar-refractivity contribution in [2.75, 3.05) is 24.4 Å². The highest BCUT2D eigenvalue weighted by atomic mass is 35.5. The number of carbonyl (C=O) groups is 2. The van der Waals surface area contributed by atoms with Crippen LogP contribution in [0.25, 0.3) is 0 Å². The molecule has 0 unspecified atom stereocenters. The summed E-state index contributed by atoms with van der Waals surface area (Å²) in [6, 6.07) is 20.5. The molecule has 1 aliphatic heterocycles. The highest BCUT2D eigenvalue weighted by molar-refractivity contribution is 6.30. The summed E-state index contributed by atoms with van der Waals surface area (Å²) in [5.41, 5.74) is 4.85. The van der Waals surface area contributed by atoms with Gasteiger partial charge in [0, 0.05) is 29.1 Å². The molecule has 1 heterocycles. The van der Waals surface area contributed by atoms with Crippen molar-refractivity contribution < 1.29 is 19.1 Å². The third-order valence-electron chi connectivity index (χ3n) is 7.79. The third kappa shape index (κ3) is 5.46. The monoisotopic (exact) mass is 558 g/mol. The second-order valence-corrected chi connectivity index (χ2v) is 10.8. The topological polar surface area (TPSA) is 67.9 Å². The van der Waals surface area contributed by atoms with E-state index in [1.165, 1.54) is 0 Å². The number of Topliss-reactive ketones (excluding diaryl/α,β-unsaturated/α-hetero) is 1. The number of ether oxygens (including phenoxy) is 2. The van der Waals surface area contributed by atoms with E-state index in [9.17, 15) is 9.59 Å². The van der Waals surface area contributed by atoms with Crippen LogP contribution in [0.5, 0.6) is 11.5 Å². The molecular weight excluding hydrogens is 524 g/mol. The summed E-state index contributed by atoms with van der Waals surface area (Å²) in [6.45, 7) is 2.12. The van der Waals surface area contributed by atoms with Gasteiger partial charge in [-0.15, -0.1) is 0 Å². The summed E-state index contributed by atoms with van der Waals surface area (Å²) in [5.74, 6) is 1.23. The van der Waals surface area contributed by atoms with Crippen molar-refractivity contribution >= 4 is 34.7 Å². The smallest absolute Gasteiger partial charge is 0.227 e. The van der Waals surface area contributed by atoms with Gasteiger partial charge in [0.05, 0.1) is 31.6 Å². The van der Waals surface area contributed by atoms with E-state index in [-0.39, 0.29) is 17.6 Å². The molecule has 3 aromatic carbocycles. The zero-order valence-electron chi connectivity index (χ0n) is 23.2. The Bertz CT molecular complexity index is 1450. The number of unbranched alkanes of at least 4 members (excludes halogenated alkanes) is 2. The van der Waals surface area contributed by atoms with E-state index < -0.39 is 6.04 Å². The Morgan fingerprint density at radius 1 is 0.950 bits per heavy atom. The van der Waals surface area contributed by atoms with Gasteiger partial charge in [0.2, 0.25) is 5.91 Å². The molecule has 5 rings (SSSR count). The van der Waals surface area contributed by atoms with E-state index in [0.29, 0.717) is 41.4 Å². The van der Waals surface area contributed by atoms with E-state index in [0.717, 1.165) is 47.5 Å². The number of halogens is 1. The Balaban J connectivity index is 1.64. The third-order valence-corrected chi connectivity index (χ3v) is 8.03. The number of allylic oxidation sites excluding steroid dienone is 1. The predicted molar refractivity (Wildman–Crippen MR) is 159 cm³/mol. The number of para-hydroxylation sites is 2. The molecule has 2 atom stereocenters. The lowest BCUT2D eigenvalue weighted by atomic mass is 9.78. The number of rotatable bonds is 8. The molecule has 208 valence electrons. The standard InChI is InChI=1S/C33H35ClN2O4/c1-4-5-6-14-31(38)36-27-13-8-7-12-25(27)35-26-18-23(21-15-16-29(39-2)30(20-21)40-3)19-28(37)32(26)33(36)22-10-9-11-24(34)17-22/h7-13,15-17,20,23,33,35H,4-6,14,18-19H2,1-3H3/t23-,33+/m1/s1. The maximum absolute atomic E-state index is 14.2. The van der Waals surface area contributed by atoms with Gasteiger partial charge in [0.15, 0.2) is 17.3 Å². The van der Waals surface area contributed by atoms with E-state index in [1.807, 2.05) is 71.6 Å². The first kappa shape index (κ1) is 27.8. The number of methoxy groups -OCH3 is 2. The molecule has 0 saturated heterocycles. The normalized spacial score (nSPS) is 18.4. The number of nitrogens with zero attached hydrogens (tertiary/aromatic N) is 1. The highest BCUT2D eigenvalue weighted by Gasteiger charge is 2.41. The Morgan fingerprint density at radius 3 is 2.50 bits per heavy atom. The molecule has 7 heteroatoms. The largest absolute Gasteiger partial charge is 0.493 e. The van der Waals surface area contributed by atoms with Crippen LogP contribution in [0.2, 0.25) is 5.02 Å². The molecule has 1 N–H and O–H groups in total. The van der Waals surface area contributed by atoms with E-state index in [1.54, 1.807) is 14.2 Å². The van der Waals surface area contributed by atoms with Gasteiger partial charge in [-0.3, -0.25) is 14.5 Å². The lowest BCUT2D eigenvalue weighted by molar-refractivity contribution is -0.119. The number of amides is 1. The molecule has 0 spiro atoms. The Kier molecular flexibility index (Phi) is 8.46. The first-order valence-corrected chi connectivity index (χ1v) is 14.2. The zero-order valence-corrected chi connectivity index (χ0v) is 24.0. The molecule has 0 saturated carbocycles. The molecule has 6 nitrogen and oxygen atoms in total. The van der Waals surface area contributed by atoms with Crippen LogP contribution in [0.3, 0.4) is 0 Å². The van der Waals surface area contributed by atoms with Crippen LogP contribution in [0, 0.1) is 0 Å². The number of anilines is 2. The molecular formula is C33H35ClN2O4. The van der Waals surface area contributed by atoms with Gasteiger partial charge in [-0.25, -0.2) is 0 Å². The first-order chi connectivity index (χ1) is 19.4. The van der Waals surface area contributed by atoms with Crippen molar-refractivity contribution in [1.82, 2.24) is 0 Å². The first-order valence-electron chi connectivity index (χ1n) is 13.9. The lowest BCUT2D eigenvalue weighted by Gasteiger charge is -2.35. The molecule has 2 aliphatic rings. The quantitative estimate of drug-likeness (QED) is 0.285. The van der Waals surface area contributed by atoms with Gasteiger partial charge in [0.25, 0.3) is 0 Å². The van der Waals surface area contributed by atoms with Gasteiger partial charge < -0.3 is 14.8 Å². The van der Waals surface area contributed by atoms with Crippen molar-refractivity contribution in [3.63, 3.8) is 0 Å². The van der Waals surface area contributed by atoms with E-state index in [4.69, 9.17) is 21.1 Å². The molecule has 0 bridgehead atoms. The minimum absolute atomic E-state index is 0.00348. The van der Waals surface area contributed by atoms with Crippen LogP contribution in [0.4, 0.5) is 11.4 Å². The highest BCUT2D eigenvalue weighted by Crippen LogP contribution is 2.48. The molecule has 1 amide bonds. The van der Waals surface area contributed by atoms with Gasteiger partial charge in [-0.1, -0.05) is 61.7 Å². The summed E-state index contributed by atoms with van der Waals surface area (Å²) >= 11 is 6.46. The maximum atomic E-state index is 14.2. The lowest BCUT2D eigenvalue weighted by Crippen LogP contribution is -2.38. The predicted octanol–water partition coefficient (Wildman–Crippen LogP) is 7.84. The number of benzene rings is 3. The molecule has 0 radical (unpaired) electrons. The van der Waals surface area contributed by atoms with Crippen LogP contribution in [-0.2, 0) is 9.59 Å². The number of nitrogens with one attached hydrogen (secondary N) is 1. The second kappa shape index (κ2) is 12.2. The fourth-order valence-electron chi connectivity index (χ4n) is 5.85. The minimum atomic E-state index is -0.585. The Morgan fingerprint density at radius 2 is 1.75 bits per heavy atom. The van der Waals surface area contributed by atoms with Crippen LogP contribution < -0.4 is 19.7 Å². The Hall–Kier alpha value is -3.77. The van der Waals surface area contributed by atoms with Crippen molar-refractivity contribution in [3.8, 4) is 11.5 Å². The van der Waals surface area contributed by atoms with Crippen LogP contribution in [0.1, 0.15) is 68.5 Å². The second-order valence-electron chi connectivity index (χ2n) is 10.4. The molecule has 40 heavy (non-hydrogen) atoms. The number of ketones is 1. The number of hydrogen-bond donors (Lipinski definition) is 1. The van der Waals surface area contributed by atoms with Crippen molar-refractivity contribution in [3.05, 3.63) is 94.1 Å². The molecule has 0 aromatic heterocycles. The summed E-state index contributed by atoms with van der Waals surface area (Å²) in [5, 5.41) is 4.15. The fourth-order valence-corrected chi connectivity index (χ4v) is 6.05.